The summed E-state index contributed by atoms with van der Waals surface area (Å²) >= 11 is 0. The van der Waals surface area contributed by atoms with E-state index in [0.29, 0.717) is 6.04 Å². The van der Waals surface area contributed by atoms with Crippen LogP contribution in [0.4, 0.5) is 5.69 Å². The lowest BCUT2D eigenvalue weighted by molar-refractivity contribution is 0.0783. The number of likely N-dealkylation sites (tertiary alicyclic amines) is 1. The van der Waals surface area contributed by atoms with Gasteiger partial charge in [0.2, 0.25) is 0 Å². The molecule has 1 atom stereocenters. The maximum atomic E-state index is 12.5. The lowest BCUT2D eigenvalue weighted by Crippen LogP contribution is -2.34. The predicted octanol–water partition coefficient (Wildman–Crippen LogP) is 1.53. The van der Waals surface area contributed by atoms with E-state index in [0.717, 1.165) is 30.8 Å². The Hall–Kier alpha value is -1.55. The highest BCUT2D eigenvalue weighted by Crippen LogP contribution is 2.19. The molecule has 104 valence electrons. The van der Waals surface area contributed by atoms with Crippen LogP contribution >= 0.6 is 0 Å². The SMILES string of the molecule is CN(C)c1cccc(C(=O)N2CCC(N(C)C)C2)c1. The van der Waals surface area contributed by atoms with Crippen molar-refractivity contribution in [2.45, 2.75) is 12.5 Å². The predicted molar refractivity (Wildman–Crippen MR) is 78.8 cm³/mol. The Morgan fingerprint density at radius 1 is 1.26 bits per heavy atom. The number of carbonyl (C=O) groups is 1. The Morgan fingerprint density at radius 3 is 2.58 bits per heavy atom. The molecule has 0 aliphatic carbocycles. The van der Waals surface area contributed by atoms with Crippen LogP contribution in [0.25, 0.3) is 0 Å². The molecule has 1 fully saturated rings. The first-order valence-corrected chi connectivity index (χ1v) is 6.72. The Morgan fingerprint density at radius 2 is 2.00 bits per heavy atom. The highest BCUT2D eigenvalue weighted by molar-refractivity contribution is 5.95. The van der Waals surface area contributed by atoms with E-state index in [1.165, 1.54) is 0 Å². The fourth-order valence-electron chi connectivity index (χ4n) is 2.45. The molecule has 1 aliphatic rings. The summed E-state index contributed by atoms with van der Waals surface area (Å²) in [7, 11) is 8.12. The molecule has 1 saturated heterocycles. The van der Waals surface area contributed by atoms with Gasteiger partial charge in [0.15, 0.2) is 0 Å². The van der Waals surface area contributed by atoms with E-state index < -0.39 is 0 Å². The average molecular weight is 261 g/mol. The molecule has 0 radical (unpaired) electrons. The molecule has 0 aromatic heterocycles. The molecule has 2 rings (SSSR count). The van der Waals surface area contributed by atoms with Crippen molar-refractivity contribution in [3.8, 4) is 0 Å². The Labute approximate surface area is 115 Å². The maximum absolute atomic E-state index is 12.5. The van der Waals surface area contributed by atoms with E-state index in [4.69, 9.17) is 0 Å². The van der Waals surface area contributed by atoms with Gasteiger partial charge in [-0.2, -0.15) is 0 Å². The number of amides is 1. The summed E-state index contributed by atoms with van der Waals surface area (Å²) in [6.45, 7) is 1.69. The Kier molecular flexibility index (Phi) is 4.10. The number of hydrogen-bond donors (Lipinski definition) is 0. The summed E-state index contributed by atoms with van der Waals surface area (Å²) in [5.41, 5.74) is 1.85. The minimum Gasteiger partial charge on any atom is -0.378 e. The molecular formula is C15H23N3O. The van der Waals surface area contributed by atoms with Gasteiger partial charge in [-0.05, 0) is 38.7 Å². The maximum Gasteiger partial charge on any atom is 0.253 e. The van der Waals surface area contributed by atoms with E-state index in [-0.39, 0.29) is 5.91 Å². The average Bonchev–Trinajstić information content (AvgIpc) is 2.87. The van der Waals surface area contributed by atoms with Gasteiger partial charge >= 0.3 is 0 Å². The minimum absolute atomic E-state index is 0.146. The highest BCUT2D eigenvalue weighted by atomic mass is 16.2. The number of rotatable bonds is 3. The van der Waals surface area contributed by atoms with Crippen molar-refractivity contribution in [1.82, 2.24) is 9.80 Å². The normalized spacial score (nSPS) is 19.0. The van der Waals surface area contributed by atoms with Gasteiger partial charge in [0.25, 0.3) is 5.91 Å². The van der Waals surface area contributed by atoms with Crippen LogP contribution < -0.4 is 4.90 Å². The molecular weight excluding hydrogens is 238 g/mol. The first-order valence-electron chi connectivity index (χ1n) is 6.72. The van der Waals surface area contributed by atoms with Crippen LogP contribution in [0.1, 0.15) is 16.8 Å². The number of benzene rings is 1. The standard InChI is InChI=1S/C15H23N3O/c1-16(2)13-7-5-6-12(10-13)15(19)18-9-8-14(11-18)17(3)4/h5-7,10,14H,8-9,11H2,1-4H3. The number of likely N-dealkylation sites (N-methyl/N-ethyl adjacent to an activating group) is 1. The van der Waals surface area contributed by atoms with Crippen LogP contribution in [-0.4, -0.2) is 63.0 Å². The van der Waals surface area contributed by atoms with Gasteiger partial charge in [-0.15, -0.1) is 0 Å². The van der Waals surface area contributed by atoms with Crippen LogP contribution in [0.15, 0.2) is 24.3 Å². The second-order valence-corrected chi connectivity index (χ2v) is 5.60. The monoisotopic (exact) mass is 261 g/mol. The molecule has 1 amide bonds. The van der Waals surface area contributed by atoms with Gasteiger partial charge in [-0.1, -0.05) is 6.07 Å². The van der Waals surface area contributed by atoms with Crippen molar-refractivity contribution >= 4 is 11.6 Å². The number of nitrogens with zero attached hydrogens (tertiary/aromatic N) is 3. The fraction of sp³-hybridized carbons (Fsp3) is 0.533. The number of anilines is 1. The fourth-order valence-corrected chi connectivity index (χ4v) is 2.45. The summed E-state index contributed by atoms with van der Waals surface area (Å²) in [6.07, 6.45) is 1.06. The van der Waals surface area contributed by atoms with E-state index in [1.807, 2.05) is 48.2 Å². The molecule has 0 spiro atoms. The van der Waals surface area contributed by atoms with E-state index >= 15 is 0 Å². The molecule has 0 N–H and O–H groups in total. The molecule has 4 heteroatoms. The van der Waals surface area contributed by atoms with Gasteiger partial charge in [-0.25, -0.2) is 0 Å². The largest absolute Gasteiger partial charge is 0.378 e. The van der Waals surface area contributed by atoms with Gasteiger partial charge < -0.3 is 14.7 Å². The zero-order chi connectivity index (χ0) is 14.0. The van der Waals surface area contributed by atoms with Crippen molar-refractivity contribution in [1.29, 1.82) is 0 Å². The van der Waals surface area contributed by atoms with Crippen LogP contribution in [0, 0.1) is 0 Å². The van der Waals surface area contributed by atoms with Crippen molar-refractivity contribution < 1.29 is 4.79 Å². The molecule has 19 heavy (non-hydrogen) atoms. The van der Waals surface area contributed by atoms with E-state index in [2.05, 4.69) is 19.0 Å². The summed E-state index contributed by atoms with van der Waals surface area (Å²) < 4.78 is 0. The third-order valence-electron chi connectivity index (χ3n) is 3.79. The zero-order valence-corrected chi connectivity index (χ0v) is 12.3. The molecule has 1 unspecified atom stereocenters. The van der Waals surface area contributed by atoms with Gasteiger partial charge in [0.05, 0.1) is 0 Å². The molecule has 0 bridgehead atoms. The first-order chi connectivity index (χ1) is 8.99. The highest BCUT2D eigenvalue weighted by Gasteiger charge is 2.28. The minimum atomic E-state index is 0.146. The lowest BCUT2D eigenvalue weighted by atomic mass is 10.1. The smallest absolute Gasteiger partial charge is 0.253 e. The molecule has 1 heterocycles. The summed E-state index contributed by atoms with van der Waals surface area (Å²) in [5.74, 6) is 0.146. The summed E-state index contributed by atoms with van der Waals surface area (Å²) in [6, 6.07) is 8.32. The lowest BCUT2D eigenvalue weighted by Gasteiger charge is -2.21. The molecule has 4 nitrogen and oxygen atoms in total. The topological polar surface area (TPSA) is 26.8 Å². The molecule has 1 aromatic rings. The van der Waals surface area contributed by atoms with Crippen LogP contribution in [0.5, 0.6) is 0 Å². The second-order valence-electron chi connectivity index (χ2n) is 5.60. The first kappa shape index (κ1) is 13.9. The molecule has 0 saturated carbocycles. The van der Waals surface area contributed by atoms with Crippen molar-refractivity contribution in [2.75, 3.05) is 46.2 Å². The van der Waals surface area contributed by atoms with E-state index in [1.54, 1.807) is 0 Å². The van der Waals surface area contributed by atoms with Gasteiger partial charge in [-0.3, -0.25) is 4.79 Å². The van der Waals surface area contributed by atoms with Gasteiger partial charge in [0.1, 0.15) is 0 Å². The van der Waals surface area contributed by atoms with Crippen LogP contribution in [-0.2, 0) is 0 Å². The van der Waals surface area contributed by atoms with E-state index in [9.17, 15) is 4.79 Å². The van der Waals surface area contributed by atoms with Crippen molar-refractivity contribution in [3.05, 3.63) is 29.8 Å². The van der Waals surface area contributed by atoms with Gasteiger partial charge in [0, 0.05) is 44.5 Å². The van der Waals surface area contributed by atoms with Crippen molar-refractivity contribution in [2.24, 2.45) is 0 Å². The number of carbonyl (C=O) groups excluding carboxylic acids is 1. The molecule has 1 aliphatic heterocycles. The second kappa shape index (κ2) is 5.61. The molecule has 1 aromatic carbocycles. The zero-order valence-electron chi connectivity index (χ0n) is 12.3. The van der Waals surface area contributed by atoms with Crippen molar-refractivity contribution in [3.63, 3.8) is 0 Å². The van der Waals surface area contributed by atoms with Crippen LogP contribution in [0.3, 0.4) is 0 Å². The third kappa shape index (κ3) is 3.07. The third-order valence-corrected chi connectivity index (χ3v) is 3.79. The van der Waals surface area contributed by atoms with Crippen LogP contribution in [0.2, 0.25) is 0 Å². The Balaban J connectivity index is 2.10. The number of hydrogen-bond acceptors (Lipinski definition) is 3. The quantitative estimate of drug-likeness (QED) is 0.825. The summed E-state index contributed by atoms with van der Waals surface area (Å²) in [5, 5.41) is 0. The summed E-state index contributed by atoms with van der Waals surface area (Å²) in [4.78, 5) is 18.7. The Bertz CT molecular complexity index is 456.